The zero-order valence-electron chi connectivity index (χ0n) is 9.60. The second-order valence-corrected chi connectivity index (χ2v) is 3.69. The fourth-order valence-corrected chi connectivity index (χ4v) is 1.20. The topological polar surface area (TPSA) is 75.1 Å². The van der Waals surface area contributed by atoms with Crippen molar-refractivity contribution in [2.75, 3.05) is 5.32 Å². The molecule has 1 aromatic rings. The summed E-state index contributed by atoms with van der Waals surface area (Å²) in [5.74, 6) is -0.0576. The van der Waals surface area contributed by atoms with Crippen LogP contribution in [0.2, 0.25) is 0 Å². The van der Waals surface area contributed by atoms with Gasteiger partial charge in [-0.25, -0.2) is 4.98 Å². The van der Waals surface area contributed by atoms with E-state index in [2.05, 4.69) is 15.3 Å². The Balaban J connectivity index is 2.47. The lowest BCUT2D eigenvalue weighted by Gasteiger charge is -2.09. The molecule has 0 saturated carbocycles. The van der Waals surface area contributed by atoms with Crippen molar-refractivity contribution in [1.29, 1.82) is 0 Å². The SMILES string of the molecule is CCCCC(O)C(=O)Nc1cnc(C)cn1. The van der Waals surface area contributed by atoms with E-state index >= 15 is 0 Å². The average molecular weight is 223 g/mol. The third-order valence-corrected chi connectivity index (χ3v) is 2.17. The number of carbonyl (C=O) groups excluding carboxylic acids is 1. The molecule has 0 aliphatic heterocycles. The van der Waals surface area contributed by atoms with Crippen LogP contribution in [0, 0.1) is 6.92 Å². The van der Waals surface area contributed by atoms with Gasteiger partial charge in [-0.05, 0) is 13.3 Å². The number of aromatic nitrogens is 2. The molecule has 0 radical (unpaired) electrons. The number of rotatable bonds is 5. The van der Waals surface area contributed by atoms with Crippen molar-refractivity contribution < 1.29 is 9.90 Å². The summed E-state index contributed by atoms with van der Waals surface area (Å²) in [7, 11) is 0. The number of amides is 1. The highest BCUT2D eigenvalue weighted by Crippen LogP contribution is 2.05. The number of unbranched alkanes of at least 4 members (excludes halogenated alkanes) is 1. The molecular formula is C11H17N3O2. The highest BCUT2D eigenvalue weighted by Gasteiger charge is 2.14. The van der Waals surface area contributed by atoms with Crippen molar-refractivity contribution in [3.63, 3.8) is 0 Å². The van der Waals surface area contributed by atoms with E-state index in [0.717, 1.165) is 18.5 Å². The molecule has 5 heteroatoms. The number of aliphatic hydroxyl groups excluding tert-OH is 1. The fraction of sp³-hybridized carbons (Fsp3) is 0.545. The van der Waals surface area contributed by atoms with Crippen LogP contribution in [0.1, 0.15) is 31.9 Å². The Labute approximate surface area is 94.9 Å². The normalized spacial score (nSPS) is 12.2. The van der Waals surface area contributed by atoms with Gasteiger partial charge in [0.15, 0.2) is 5.82 Å². The van der Waals surface area contributed by atoms with Crippen LogP contribution < -0.4 is 5.32 Å². The van der Waals surface area contributed by atoms with E-state index in [9.17, 15) is 9.90 Å². The molecule has 0 saturated heterocycles. The second kappa shape index (κ2) is 6.17. The second-order valence-electron chi connectivity index (χ2n) is 3.69. The number of hydrogen-bond donors (Lipinski definition) is 2. The Morgan fingerprint density at radius 1 is 1.50 bits per heavy atom. The lowest BCUT2D eigenvalue weighted by molar-refractivity contribution is -0.124. The predicted molar refractivity (Wildman–Crippen MR) is 60.9 cm³/mol. The molecule has 0 aliphatic rings. The van der Waals surface area contributed by atoms with Crippen LogP contribution in [0.3, 0.4) is 0 Å². The Kier molecular flexibility index (Phi) is 4.85. The molecule has 0 aliphatic carbocycles. The van der Waals surface area contributed by atoms with E-state index in [4.69, 9.17) is 0 Å². The first-order chi connectivity index (χ1) is 7.63. The summed E-state index contributed by atoms with van der Waals surface area (Å²) in [6.07, 6.45) is 4.32. The average Bonchev–Trinajstić information content (AvgIpc) is 2.29. The van der Waals surface area contributed by atoms with Crippen molar-refractivity contribution in [3.8, 4) is 0 Å². The monoisotopic (exact) mass is 223 g/mol. The largest absolute Gasteiger partial charge is 0.383 e. The quantitative estimate of drug-likeness (QED) is 0.788. The van der Waals surface area contributed by atoms with Crippen LogP contribution in [-0.2, 0) is 4.79 Å². The van der Waals surface area contributed by atoms with Gasteiger partial charge in [0.05, 0.1) is 18.1 Å². The van der Waals surface area contributed by atoms with Gasteiger partial charge < -0.3 is 10.4 Å². The maximum absolute atomic E-state index is 11.5. The molecule has 1 atom stereocenters. The molecular weight excluding hydrogens is 206 g/mol. The molecule has 1 unspecified atom stereocenters. The Hall–Kier alpha value is -1.49. The minimum absolute atomic E-state index is 0.367. The summed E-state index contributed by atoms with van der Waals surface area (Å²) >= 11 is 0. The van der Waals surface area contributed by atoms with Crippen LogP contribution in [0.25, 0.3) is 0 Å². The Bertz CT molecular complexity index is 338. The zero-order valence-corrected chi connectivity index (χ0v) is 9.60. The summed E-state index contributed by atoms with van der Waals surface area (Å²) in [4.78, 5) is 19.4. The smallest absolute Gasteiger partial charge is 0.254 e. The fourth-order valence-electron chi connectivity index (χ4n) is 1.20. The molecule has 0 aromatic carbocycles. The lowest BCUT2D eigenvalue weighted by atomic mass is 10.1. The summed E-state index contributed by atoms with van der Waals surface area (Å²) in [5.41, 5.74) is 0.782. The van der Waals surface area contributed by atoms with Gasteiger partial charge in [-0.3, -0.25) is 9.78 Å². The number of nitrogens with one attached hydrogen (secondary N) is 1. The highest BCUT2D eigenvalue weighted by atomic mass is 16.3. The third kappa shape index (κ3) is 3.94. The number of carbonyl (C=O) groups is 1. The Morgan fingerprint density at radius 3 is 2.81 bits per heavy atom. The van der Waals surface area contributed by atoms with Crippen molar-refractivity contribution in [1.82, 2.24) is 9.97 Å². The van der Waals surface area contributed by atoms with Gasteiger partial charge in [0.25, 0.3) is 5.91 Å². The van der Waals surface area contributed by atoms with Crippen molar-refractivity contribution in [3.05, 3.63) is 18.1 Å². The number of anilines is 1. The van der Waals surface area contributed by atoms with E-state index in [1.165, 1.54) is 6.20 Å². The number of hydrogen-bond acceptors (Lipinski definition) is 4. The van der Waals surface area contributed by atoms with E-state index in [-0.39, 0.29) is 0 Å². The standard InChI is InChI=1S/C11H17N3O2/c1-3-4-5-9(15)11(16)14-10-7-12-8(2)6-13-10/h6-7,9,15H,3-5H2,1-2H3,(H,13,14,16). The van der Waals surface area contributed by atoms with E-state index in [1.807, 2.05) is 13.8 Å². The zero-order chi connectivity index (χ0) is 12.0. The molecule has 1 rings (SSSR count). The van der Waals surface area contributed by atoms with Gasteiger partial charge in [-0.2, -0.15) is 0 Å². The molecule has 0 spiro atoms. The molecule has 0 bridgehead atoms. The Morgan fingerprint density at radius 2 is 2.25 bits per heavy atom. The molecule has 0 fully saturated rings. The van der Waals surface area contributed by atoms with E-state index in [0.29, 0.717) is 12.2 Å². The number of aryl methyl sites for hydroxylation is 1. The first-order valence-electron chi connectivity index (χ1n) is 5.41. The van der Waals surface area contributed by atoms with Crippen LogP contribution in [0.5, 0.6) is 0 Å². The van der Waals surface area contributed by atoms with Gasteiger partial charge in [-0.15, -0.1) is 0 Å². The molecule has 1 aromatic heterocycles. The molecule has 5 nitrogen and oxygen atoms in total. The summed E-state index contributed by atoms with van der Waals surface area (Å²) in [6, 6.07) is 0. The summed E-state index contributed by atoms with van der Waals surface area (Å²) in [5, 5.41) is 12.0. The minimum Gasteiger partial charge on any atom is -0.383 e. The first kappa shape index (κ1) is 12.6. The van der Waals surface area contributed by atoms with Crippen LogP contribution in [0.15, 0.2) is 12.4 Å². The van der Waals surface area contributed by atoms with Crippen LogP contribution in [-0.4, -0.2) is 27.1 Å². The van der Waals surface area contributed by atoms with Gasteiger partial charge in [0.2, 0.25) is 0 Å². The molecule has 1 amide bonds. The maximum atomic E-state index is 11.5. The third-order valence-electron chi connectivity index (χ3n) is 2.17. The van der Waals surface area contributed by atoms with Crippen LogP contribution >= 0.6 is 0 Å². The molecule has 88 valence electrons. The lowest BCUT2D eigenvalue weighted by Crippen LogP contribution is -2.27. The van der Waals surface area contributed by atoms with E-state index < -0.39 is 12.0 Å². The van der Waals surface area contributed by atoms with E-state index in [1.54, 1.807) is 6.20 Å². The van der Waals surface area contributed by atoms with Gasteiger partial charge >= 0.3 is 0 Å². The van der Waals surface area contributed by atoms with Gasteiger partial charge in [0.1, 0.15) is 6.10 Å². The number of nitrogens with zero attached hydrogens (tertiary/aromatic N) is 2. The molecule has 1 heterocycles. The van der Waals surface area contributed by atoms with Crippen molar-refractivity contribution in [2.24, 2.45) is 0 Å². The first-order valence-corrected chi connectivity index (χ1v) is 5.41. The summed E-state index contributed by atoms with van der Waals surface area (Å²) in [6.45, 7) is 3.82. The maximum Gasteiger partial charge on any atom is 0.254 e. The minimum atomic E-state index is -0.969. The highest BCUT2D eigenvalue weighted by molar-refractivity contribution is 5.92. The van der Waals surface area contributed by atoms with Crippen molar-refractivity contribution in [2.45, 2.75) is 39.2 Å². The van der Waals surface area contributed by atoms with Crippen LogP contribution in [0.4, 0.5) is 5.82 Å². The summed E-state index contributed by atoms with van der Waals surface area (Å²) < 4.78 is 0. The molecule has 16 heavy (non-hydrogen) atoms. The van der Waals surface area contributed by atoms with Crippen molar-refractivity contribution >= 4 is 11.7 Å². The van der Waals surface area contributed by atoms with Gasteiger partial charge in [-0.1, -0.05) is 19.8 Å². The number of aliphatic hydroxyl groups is 1. The molecule has 2 N–H and O–H groups in total. The van der Waals surface area contributed by atoms with Gasteiger partial charge in [0, 0.05) is 0 Å². The predicted octanol–water partition coefficient (Wildman–Crippen LogP) is 1.27.